The maximum Gasteiger partial charge on any atom is 0.311 e. The Morgan fingerprint density at radius 1 is 1.55 bits per heavy atom. The molecule has 0 unspecified atom stereocenters. The van der Waals surface area contributed by atoms with E-state index in [9.17, 15) is 20.0 Å². The number of rotatable bonds is 3. The lowest BCUT2D eigenvalue weighted by atomic mass is 9.81. The topological polar surface area (TPSA) is 107 Å². The molecular weight excluding hydrogens is 286 g/mol. The van der Waals surface area contributed by atoms with E-state index in [-0.39, 0.29) is 17.2 Å². The lowest BCUT2D eigenvalue weighted by Gasteiger charge is -2.24. The van der Waals surface area contributed by atoms with Crippen molar-refractivity contribution < 1.29 is 14.8 Å². The van der Waals surface area contributed by atoms with Crippen LogP contribution >= 0.6 is 0 Å². The third kappa shape index (κ3) is 1.99. The molecule has 2 fully saturated rings. The van der Waals surface area contributed by atoms with Gasteiger partial charge in [-0.15, -0.1) is 0 Å². The van der Waals surface area contributed by atoms with E-state index >= 15 is 0 Å². The number of aliphatic carboxylic acids is 1. The van der Waals surface area contributed by atoms with Crippen LogP contribution in [0.15, 0.2) is 18.2 Å². The molecule has 0 aromatic heterocycles. The van der Waals surface area contributed by atoms with Crippen LogP contribution in [0.2, 0.25) is 0 Å². The summed E-state index contributed by atoms with van der Waals surface area (Å²) in [6.45, 7) is 1.02. The number of nitrogens with zero attached hydrogens (tertiary/aromatic N) is 3. The van der Waals surface area contributed by atoms with E-state index in [1.165, 1.54) is 12.1 Å². The average molecular weight is 301 g/mol. The number of carbonyl (C=O) groups is 1. The fourth-order valence-electron chi connectivity index (χ4n) is 3.81. The van der Waals surface area contributed by atoms with Crippen molar-refractivity contribution in [3.63, 3.8) is 0 Å². The van der Waals surface area contributed by atoms with Gasteiger partial charge in [0.2, 0.25) is 0 Å². The fraction of sp³-hybridized carbons (Fsp3) is 0.467. The van der Waals surface area contributed by atoms with Crippen molar-refractivity contribution in [3.8, 4) is 6.07 Å². The summed E-state index contributed by atoms with van der Waals surface area (Å²) >= 11 is 0. The SMILES string of the molecule is N#Cc1cc(N2C[C@@H]3CCC[C@@]3(C(=O)O)C2)ccc1[N+](=O)[O-]. The summed E-state index contributed by atoms with van der Waals surface area (Å²) in [4.78, 5) is 23.9. The molecule has 0 amide bonds. The zero-order valence-corrected chi connectivity index (χ0v) is 11.9. The van der Waals surface area contributed by atoms with E-state index in [4.69, 9.17) is 5.26 Å². The van der Waals surface area contributed by atoms with Crippen LogP contribution in [0.5, 0.6) is 0 Å². The van der Waals surface area contributed by atoms with E-state index in [2.05, 4.69) is 0 Å². The Morgan fingerprint density at radius 3 is 2.91 bits per heavy atom. The third-order valence-corrected chi connectivity index (χ3v) is 4.96. The second-order valence-corrected chi connectivity index (χ2v) is 6.00. The van der Waals surface area contributed by atoms with Crippen LogP contribution in [0.4, 0.5) is 11.4 Å². The normalized spacial score (nSPS) is 26.5. The van der Waals surface area contributed by atoms with Gasteiger partial charge in [-0.1, -0.05) is 6.42 Å². The summed E-state index contributed by atoms with van der Waals surface area (Å²) in [5.74, 6) is -0.661. The van der Waals surface area contributed by atoms with Gasteiger partial charge in [0.1, 0.15) is 11.6 Å². The van der Waals surface area contributed by atoms with Crippen LogP contribution < -0.4 is 4.90 Å². The summed E-state index contributed by atoms with van der Waals surface area (Å²) in [6.07, 6.45) is 2.48. The molecule has 0 spiro atoms. The van der Waals surface area contributed by atoms with Crippen LogP contribution in [0.3, 0.4) is 0 Å². The van der Waals surface area contributed by atoms with Crippen molar-refractivity contribution in [2.45, 2.75) is 19.3 Å². The van der Waals surface area contributed by atoms with Crippen LogP contribution in [-0.4, -0.2) is 29.1 Å². The number of hydrogen-bond donors (Lipinski definition) is 1. The minimum Gasteiger partial charge on any atom is -0.481 e. The standard InChI is InChI=1S/C15H15N3O4/c16-7-10-6-12(3-4-13(10)18(21)22)17-8-11-2-1-5-15(11,9-17)14(19)20/h3-4,6,11H,1-2,5,8-9H2,(H,19,20)/t11-,15+/m0/s1. The minimum atomic E-state index is -0.764. The minimum absolute atomic E-state index is 0.00364. The molecular formula is C15H15N3O4. The van der Waals surface area contributed by atoms with Crippen LogP contribution in [0, 0.1) is 32.8 Å². The van der Waals surface area contributed by atoms with Crippen LogP contribution in [0.1, 0.15) is 24.8 Å². The Balaban J connectivity index is 1.92. The number of benzene rings is 1. The lowest BCUT2D eigenvalue weighted by molar-refractivity contribution is -0.385. The average Bonchev–Trinajstić information content (AvgIpc) is 3.04. The van der Waals surface area contributed by atoms with Crippen LogP contribution in [-0.2, 0) is 4.79 Å². The van der Waals surface area contributed by atoms with Gasteiger partial charge in [-0.05, 0) is 30.9 Å². The van der Waals surface area contributed by atoms with E-state index in [1.54, 1.807) is 6.07 Å². The summed E-state index contributed by atoms with van der Waals surface area (Å²) in [6, 6.07) is 6.23. The first-order valence-corrected chi connectivity index (χ1v) is 7.15. The highest BCUT2D eigenvalue weighted by molar-refractivity contribution is 5.78. The van der Waals surface area contributed by atoms with E-state index in [1.807, 2.05) is 11.0 Å². The Hall–Kier alpha value is -2.62. The lowest BCUT2D eigenvalue weighted by Crippen LogP contribution is -2.35. The number of hydrogen-bond acceptors (Lipinski definition) is 5. The van der Waals surface area contributed by atoms with Crippen molar-refractivity contribution in [2.24, 2.45) is 11.3 Å². The van der Waals surface area contributed by atoms with Gasteiger partial charge < -0.3 is 10.0 Å². The number of carboxylic acids is 1. The van der Waals surface area contributed by atoms with E-state index < -0.39 is 16.3 Å². The largest absolute Gasteiger partial charge is 0.481 e. The van der Waals surface area contributed by atoms with Crippen molar-refractivity contribution in [2.75, 3.05) is 18.0 Å². The molecule has 2 aliphatic rings. The maximum absolute atomic E-state index is 11.7. The molecule has 0 bridgehead atoms. The molecule has 1 saturated carbocycles. The van der Waals surface area contributed by atoms with Gasteiger partial charge in [0.15, 0.2) is 0 Å². The first-order chi connectivity index (χ1) is 10.5. The van der Waals surface area contributed by atoms with Crippen molar-refractivity contribution in [1.29, 1.82) is 5.26 Å². The zero-order valence-electron chi connectivity index (χ0n) is 11.9. The van der Waals surface area contributed by atoms with Crippen molar-refractivity contribution in [3.05, 3.63) is 33.9 Å². The first kappa shape index (κ1) is 14.3. The van der Waals surface area contributed by atoms with Crippen molar-refractivity contribution in [1.82, 2.24) is 0 Å². The van der Waals surface area contributed by atoms with Gasteiger partial charge in [-0.3, -0.25) is 14.9 Å². The molecule has 1 aromatic carbocycles. The second-order valence-electron chi connectivity index (χ2n) is 6.00. The highest BCUT2D eigenvalue weighted by Crippen LogP contribution is 2.50. The van der Waals surface area contributed by atoms with Crippen LogP contribution in [0.25, 0.3) is 0 Å². The highest BCUT2D eigenvalue weighted by Gasteiger charge is 2.54. The molecule has 7 heteroatoms. The predicted octanol–water partition coefficient (Wildman–Crippen LogP) is 2.16. The van der Waals surface area contributed by atoms with E-state index in [0.29, 0.717) is 25.2 Å². The molecule has 114 valence electrons. The van der Waals surface area contributed by atoms with Crippen molar-refractivity contribution >= 4 is 17.3 Å². The number of anilines is 1. The summed E-state index contributed by atoms with van der Waals surface area (Å²) in [7, 11) is 0. The molecule has 1 aromatic rings. The molecule has 1 saturated heterocycles. The van der Waals surface area contributed by atoms with Gasteiger partial charge in [0.25, 0.3) is 5.69 Å². The summed E-state index contributed by atoms with van der Waals surface area (Å²) < 4.78 is 0. The summed E-state index contributed by atoms with van der Waals surface area (Å²) in [5, 5.41) is 29.5. The monoisotopic (exact) mass is 301 g/mol. The number of nitro groups is 1. The molecule has 7 nitrogen and oxygen atoms in total. The molecule has 1 heterocycles. The molecule has 3 rings (SSSR count). The maximum atomic E-state index is 11.7. The molecule has 1 N–H and O–H groups in total. The second kappa shape index (κ2) is 4.98. The zero-order chi connectivity index (χ0) is 15.9. The van der Waals surface area contributed by atoms with E-state index in [0.717, 1.165) is 12.8 Å². The Bertz CT molecular complexity index is 697. The smallest absolute Gasteiger partial charge is 0.311 e. The third-order valence-electron chi connectivity index (χ3n) is 4.96. The molecule has 1 aliphatic heterocycles. The number of nitriles is 1. The van der Waals surface area contributed by atoms with Gasteiger partial charge in [-0.25, -0.2) is 0 Å². The predicted molar refractivity (Wildman–Crippen MR) is 77.4 cm³/mol. The summed E-state index contributed by atoms with van der Waals surface area (Å²) in [5.41, 5.74) is -0.256. The van der Waals surface area contributed by atoms with Gasteiger partial charge in [0.05, 0.1) is 10.3 Å². The fourth-order valence-corrected chi connectivity index (χ4v) is 3.81. The van der Waals surface area contributed by atoms with Gasteiger partial charge >= 0.3 is 5.97 Å². The number of carboxylic acid groups (broad SMARTS) is 1. The molecule has 0 radical (unpaired) electrons. The molecule has 2 atom stereocenters. The van der Waals surface area contributed by atoms with Gasteiger partial charge in [-0.2, -0.15) is 5.26 Å². The Kier molecular flexibility index (Phi) is 3.24. The molecule has 22 heavy (non-hydrogen) atoms. The quantitative estimate of drug-likeness (QED) is 0.677. The highest BCUT2D eigenvalue weighted by atomic mass is 16.6. The Labute approximate surface area is 126 Å². The Morgan fingerprint density at radius 2 is 2.32 bits per heavy atom. The first-order valence-electron chi connectivity index (χ1n) is 7.15. The molecule has 1 aliphatic carbocycles. The number of nitro benzene ring substituents is 1. The number of fused-ring (bicyclic) bond motifs is 1. The van der Waals surface area contributed by atoms with Gasteiger partial charge in [0, 0.05) is 24.8 Å².